The minimum atomic E-state index is 0.0364. The molecule has 0 atom stereocenters. The quantitative estimate of drug-likeness (QED) is 0.887. The average molecular weight is 288 g/mol. The zero-order chi connectivity index (χ0) is 14.7. The highest BCUT2D eigenvalue weighted by atomic mass is 16.3. The Bertz CT molecular complexity index is 510. The molecular weight excluding hydrogens is 264 g/mol. The van der Waals surface area contributed by atoms with Crippen LogP contribution >= 0.6 is 0 Å². The van der Waals surface area contributed by atoms with Gasteiger partial charge >= 0.3 is 0 Å². The molecule has 0 radical (unpaired) electrons. The van der Waals surface area contributed by atoms with Crippen LogP contribution in [0, 0.1) is 0 Å². The van der Waals surface area contributed by atoms with Crippen LogP contribution in [-0.2, 0) is 13.0 Å². The Hall–Kier alpha value is -1.39. The van der Waals surface area contributed by atoms with Crippen molar-refractivity contribution in [1.29, 1.82) is 0 Å². The van der Waals surface area contributed by atoms with Gasteiger partial charge in [-0.3, -0.25) is 4.79 Å². The Morgan fingerprint density at radius 2 is 2.10 bits per heavy atom. The molecule has 21 heavy (non-hydrogen) atoms. The van der Waals surface area contributed by atoms with Gasteiger partial charge in [-0.25, -0.2) is 0 Å². The van der Waals surface area contributed by atoms with E-state index in [1.54, 1.807) is 0 Å². The molecule has 1 aliphatic carbocycles. The maximum absolute atomic E-state index is 12.8. The molecule has 1 heterocycles. The normalized spacial score (nSPS) is 18.5. The first-order valence-electron chi connectivity index (χ1n) is 8.04. The number of hydrogen-bond donors (Lipinski definition) is 2. The molecule has 0 unspecified atom stereocenters. The Morgan fingerprint density at radius 3 is 2.86 bits per heavy atom. The fraction of sp³-hybridized carbons (Fsp3) is 0.588. The summed E-state index contributed by atoms with van der Waals surface area (Å²) < 4.78 is 0. The van der Waals surface area contributed by atoms with Gasteiger partial charge in [0, 0.05) is 24.7 Å². The number of carbonyl (C=O) groups excluding carboxylic acids is 1. The molecule has 1 aliphatic heterocycles. The van der Waals surface area contributed by atoms with Gasteiger partial charge in [0.15, 0.2) is 0 Å². The Morgan fingerprint density at radius 1 is 1.29 bits per heavy atom. The minimum Gasteiger partial charge on any atom is -0.395 e. The van der Waals surface area contributed by atoms with Crippen molar-refractivity contribution in [1.82, 2.24) is 10.2 Å². The predicted octanol–water partition coefficient (Wildman–Crippen LogP) is 1.71. The molecule has 0 spiro atoms. The summed E-state index contributed by atoms with van der Waals surface area (Å²) >= 11 is 0. The van der Waals surface area contributed by atoms with Gasteiger partial charge in [-0.2, -0.15) is 0 Å². The van der Waals surface area contributed by atoms with Gasteiger partial charge in [0.2, 0.25) is 0 Å². The number of carbonyl (C=O) groups is 1. The van der Waals surface area contributed by atoms with Crippen LogP contribution in [0.2, 0.25) is 0 Å². The second-order valence-corrected chi connectivity index (χ2v) is 6.07. The molecule has 3 rings (SSSR count). The van der Waals surface area contributed by atoms with E-state index in [1.807, 2.05) is 17.0 Å². The van der Waals surface area contributed by atoms with Crippen LogP contribution in [0.15, 0.2) is 18.2 Å². The summed E-state index contributed by atoms with van der Waals surface area (Å²) in [6.07, 6.45) is 5.55. The third-order valence-corrected chi connectivity index (χ3v) is 4.71. The van der Waals surface area contributed by atoms with Crippen LogP contribution in [0.5, 0.6) is 0 Å². The maximum Gasteiger partial charge on any atom is 0.254 e. The highest BCUT2D eigenvalue weighted by Crippen LogP contribution is 2.25. The van der Waals surface area contributed by atoms with Crippen molar-refractivity contribution in [3.8, 4) is 0 Å². The van der Waals surface area contributed by atoms with E-state index in [9.17, 15) is 9.90 Å². The van der Waals surface area contributed by atoms with E-state index >= 15 is 0 Å². The third-order valence-electron chi connectivity index (χ3n) is 4.71. The Balaban J connectivity index is 1.81. The minimum absolute atomic E-state index is 0.0364. The third kappa shape index (κ3) is 3.11. The van der Waals surface area contributed by atoms with E-state index in [4.69, 9.17) is 0 Å². The van der Waals surface area contributed by atoms with Crippen molar-refractivity contribution in [2.45, 2.75) is 44.7 Å². The van der Waals surface area contributed by atoms with Gasteiger partial charge in [0.25, 0.3) is 5.91 Å². The molecule has 2 aliphatic rings. The number of aliphatic hydroxyl groups is 1. The van der Waals surface area contributed by atoms with E-state index in [0.29, 0.717) is 12.6 Å². The first-order valence-corrected chi connectivity index (χ1v) is 8.04. The molecule has 1 amide bonds. The van der Waals surface area contributed by atoms with Crippen LogP contribution in [0.3, 0.4) is 0 Å². The zero-order valence-corrected chi connectivity index (χ0v) is 12.5. The molecule has 4 nitrogen and oxygen atoms in total. The summed E-state index contributed by atoms with van der Waals surface area (Å²) in [5, 5.41) is 12.6. The lowest BCUT2D eigenvalue weighted by molar-refractivity contribution is 0.0638. The van der Waals surface area contributed by atoms with Crippen molar-refractivity contribution in [2.24, 2.45) is 0 Å². The predicted molar refractivity (Wildman–Crippen MR) is 82.2 cm³/mol. The summed E-state index contributed by atoms with van der Waals surface area (Å²) in [4.78, 5) is 14.7. The fourth-order valence-electron chi connectivity index (χ4n) is 3.55. The molecule has 1 aromatic carbocycles. The maximum atomic E-state index is 12.8. The van der Waals surface area contributed by atoms with E-state index < -0.39 is 0 Å². The topological polar surface area (TPSA) is 52.6 Å². The van der Waals surface area contributed by atoms with Crippen LogP contribution < -0.4 is 5.32 Å². The van der Waals surface area contributed by atoms with E-state index in [0.717, 1.165) is 37.9 Å². The van der Waals surface area contributed by atoms with Gasteiger partial charge < -0.3 is 15.3 Å². The molecule has 0 bridgehead atoms. The number of fused-ring (bicyclic) bond motifs is 1. The molecule has 0 saturated heterocycles. The second-order valence-electron chi connectivity index (χ2n) is 6.07. The number of benzene rings is 1. The molecule has 1 fully saturated rings. The van der Waals surface area contributed by atoms with Gasteiger partial charge in [-0.05, 0) is 49.1 Å². The highest BCUT2D eigenvalue weighted by molar-refractivity contribution is 5.94. The van der Waals surface area contributed by atoms with Crippen molar-refractivity contribution in [2.75, 3.05) is 19.7 Å². The van der Waals surface area contributed by atoms with Crippen molar-refractivity contribution >= 4 is 5.91 Å². The number of nitrogens with one attached hydrogen (secondary N) is 1. The summed E-state index contributed by atoms with van der Waals surface area (Å²) in [5.41, 5.74) is 3.35. The summed E-state index contributed by atoms with van der Waals surface area (Å²) in [7, 11) is 0. The summed E-state index contributed by atoms with van der Waals surface area (Å²) in [6.45, 7) is 2.34. The molecular formula is C17H24N2O2. The number of aliphatic hydroxyl groups excluding tert-OH is 1. The van der Waals surface area contributed by atoms with E-state index in [2.05, 4.69) is 11.4 Å². The zero-order valence-electron chi connectivity index (χ0n) is 12.5. The monoisotopic (exact) mass is 288 g/mol. The van der Waals surface area contributed by atoms with E-state index in [-0.39, 0.29) is 12.5 Å². The Kier molecular flexibility index (Phi) is 4.56. The number of nitrogens with zero attached hydrogens (tertiary/aromatic N) is 1. The van der Waals surface area contributed by atoms with Crippen molar-refractivity contribution in [3.63, 3.8) is 0 Å². The van der Waals surface area contributed by atoms with Crippen LogP contribution in [0.1, 0.15) is 47.2 Å². The standard InChI is InChI=1S/C17H24N2O2/c20-10-9-19(16-3-1-2-4-16)17(21)14-6-5-13-7-8-18-12-15(13)11-14/h5-6,11,16,18,20H,1-4,7-10,12H2. The Labute approximate surface area is 126 Å². The van der Waals surface area contributed by atoms with Crippen LogP contribution in [-0.4, -0.2) is 41.7 Å². The fourth-order valence-corrected chi connectivity index (χ4v) is 3.55. The molecule has 1 saturated carbocycles. The lowest BCUT2D eigenvalue weighted by Crippen LogP contribution is -2.40. The molecule has 114 valence electrons. The van der Waals surface area contributed by atoms with Crippen LogP contribution in [0.4, 0.5) is 0 Å². The lowest BCUT2D eigenvalue weighted by Gasteiger charge is -2.29. The summed E-state index contributed by atoms with van der Waals surface area (Å²) in [6, 6.07) is 6.38. The highest BCUT2D eigenvalue weighted by Gasteiger charge is 2.27. The van der Waals surface area contributed by atoms with Gasteiger partial charge in [0.05, 0.1) is 6.61 Å². The molecule has 2 N–H and O–H groups in total. The first kappa shape index (κ1) is 14.5. The molecule has 1 aromatic rings. The summed E-state index contributed by atoms with van der Waals surface area (Å²) in [5.74, 6) is 0.0734. The second kappa shape index (κ2) is 6.58. The number of amides is 1. The van der Waals surface area contributed by atoms with Crippen LogP contribution in [0.25, 0.3) is 0 Å². The van der Waals surface area contributed by atoms with Crippen molar-refractivity contribution < 1.29 is 9.90 Å². The lowest BCUT2D eigenvalue weighted by atomic mass is 9.98. The van der Waals surface area contributed by atoms with Gasteiger partial charge in [-0.15, -0.1) is 0 Å². The molecule has 4 heteroatoms. The SMILES string of the molecule is O=C(c1ccc2c(c1)CNCC2)N(CCO)C1CCCC1. The van der Waals surface area contributed by atoms with E-state index in [1.165, 1.54) is 24.0 Å². The average Bonchev–Trinajstić information content (AvgIpc) is 3.05. The smallest absolute Gasteiger partial charge is 0.254 e. The number of rotatable bonds is 4. The van der Waals surface area contributed by atoms with Gasteiger partial charge in [0.1, 0.15) is 0 Å². The largest absolute Gasteiger partial charge is 0.395 e. The first-order chi connectivity index (χ1) is 10.3. The number of hydrogen-bond acceptors (Lipinski definition) is 3. The van der Waals surface area contributed by atoms with Crippen molar-refractivity contribution in [3.05, 3.63) is 34.9 Å². The molecule has 0 aromatic heterocycles. The van der Waals surface area contributed by atoms with Gasteiger partial charge in [-0.1, -0.05) is 18.9 Å².